The number of amides is 2. The van der Waals surface area contributed by atoms with Gasteiger partial charge < -0.3 is 14.6 Å². The Labute approximate surface area is 167 Å². The summed E-state index contributed by atoms with van der Waals surface area (Å²) in [4.78, 5) is 39.2. The monoisotopic (exact) mass is 394 g/mol. The lowest BCUT2D eigenvalue weighted by atomic mass is 10.2. The minimum atomic E-state index is -0.133. The number of hydrogen-bond donors (Lipinski definition) is 1. The molecule has 0 aromatic carbocycles. The average molecular weight is 394 g/mol. The van der Waals surface area contributed by atoms with Crippen molar-refractivity contribution >= 4 is 17.6 Å². The highest BCUT2D eigenvalue weighted by molar-refractivity contribution is 5.94. The molecule has 3 aromatic rings. The largest absolute Gasteiger partial charge is 0.436 e. The van der Waals surface area contributed by atoms with Gasteiger partial charge in [0.05, 0.1) is 11.3 Å². The van der Waals surface area contributed by atoms with Crippen molar-refractivity contribution in [3.8, 4) is 0 Å². The number of aromatic nitrogens is 4. The second-order valence-electron chi connectivity index (χ2n) is 7.87. The van der Waals surface area contributed by atoms with Crippen LogP contribution >= 0.6 is 0 Å². The van der Waals surface area contributed by atoms with Gasteiger partial charge in [-0.25, -0.2) is 15.0 Å². The van der Waals surface area contributed by atoms with E-state index < -0.39 is 0 Å². The molecule has 1 saturated carbocycles. The maximum atomic E-state index is 12.6. The number of carbonyl (C=O) groups is 2. The normalized spacial score (nSPS) is 22.7. The fourth-order valence-electron chi connectivity index (χ4n) is 4.50. The summed E-state index contributed by atoms with van der Waals surface area (Å²) in [5.41, 5.74) is 1.16. The van der Waals surface area contributed by atoms with Crippen LogP contribution in [0.4, 0.5) is 0 Å². The summed E-state index contributed by atoms with van der Waals surface area (Å²) >= 11 is 0. The third-order valence-electron chi connectivity index (χ3n) is 6.03. The minimum Gasteiger partial charge on any atom is -0.436 e. The van der Waals surface area contributed by atoms with Gasteiger partial charge in [0.1, 0.15) is 0 Å². The predicted octanol–water partition coefficient (Wildman–Crippen LogP) is 1.47. The van der Waals surface area contributed by atoms with Gasteiger partial charge >= 0.3 is 0 Å². The quantitative estimate of drug-likeness (QED) is 0.703. The molecule has 1 aliphatic carbocycles. The van der Waals surface area contributed by atoms with Crippen LogP contribution in [0.5, 0.6) is 0 Å². The molecule has 0 bridgehead atoms. The van der Waals surface area contributed by atoms with Crippen molar-refractivity contribution in [2.75, 3.05) is 19.6 Å². The molecule has 0 radical (unpaired) electrons. The molecular formula is C20H22N6O3. The molecule has 1 unspecified atom stereocenters. The Hall–Kier alpha value is -3.23. The highest BCUT2D eigenvalue weighted by atomic mass is 16.4. The van der Waals surface area contributed by atoms with Gasteiger partial charge in [0, 0.05) is 51.3 Å². The Morgan fingerprint density at radius 1 is 1.24 bits per heavy atom. The molecule has 2 aliphatic rings. The van der Waals surface area contributed by atoms with Crippen LogP contribution < -0.4 is 5.32 Å². The lowest BCUT2D eigenvalue weighted by molar-refractivity contribution is 0.0733. The van der Waals surface area contributed by atoms with E-state index in [2.05, 4.69) is 20.3 Å². The molecule has 5 rings (SSSR count). The van der Waals surface area contributed by atoms with Crippen molar-refractivity contribution in [2.24, 2.45) is 17.8 Å². The topological polar surface area (TPSA) is 106 Å². The third kappa shape index (κ3) is 3.16. The van der Waals surface area contributed by atoms with Gasteiger partial charge in [0.25, 0.3) is 11.8 Å². The van der Waals surface area contributed by atoms with E-state index in [-0.39, 0.29) is 11.8 Å². The molecule has 3 aromatic heterocycles. The van der Waals surface area contributed by atoms with Crippen molar-refractivity contribution in [2.45, 2.75) is 20.3 Å². The summed E-state index contributed by atoms with van der Waals surface area (Å²) in [6.45, 7) is 5.67. The molecule has 1 N–H and O–H groups in total. The molecule has 2 amide bonds. The molecule has 1 saturated heterocycles. The Bertz CT molecular complexity index is 1090. The summed E-state index contributed by atoms with van der Waals surface area (Å²) < 4.78 is 7.19. The number of likely N-dealkylation sites (tertiary alicyclic amines) is 1. The lowest BCUT2D eigenvalue weighted by Crippen LogP contribution is -2.32. The van der Waals surface area contributed by atoms with Crippen molar-refractivity contribution in [1.29, 1.82) is 0 Å². The van der Waals surface area contributed by atoms with Crippen molar-refractivity contribution < 1.29 is 14.0 Å². The Balaban J connectivity index is 1.10. The van der Waals surface area contributed by atoms with Crippen LogP contribution in [0.1, 0.15) is 38.9 Å². The van der Waals surface area contributed by atoms with Crippen molar-refractivity contribution in [3.63, 3.8) is 0 Å². The van der Waals surface area contributed by atoms with Gasteiger partial charge in [-0.05, 0) is 31.1 Å². The van der Waals surface area contributed by atoms with Crippen LogP contribution in [-0.4, -0.2) is 55.7 Å². The first kappa shape index (κ1) is 17.8. The van der Waals surface area contributed by atoms with E-state index in [1.807, 2.05) is 4.90 Å². The summed E-state index contributed by atoms with van der Waals surface area (Å²) in [7, 11) is 0. The number of nitrogens with one attached hydrogen (secondary N) is 1. The van der Waals surface area contributed by atoms with Crippen LogP contribution in [0.3, 0.4) is 0 Å². The number of hydrogen-bond acceptors (Lipinski definition) is 6. The maximum Gasteiger partial charge on any atom is 0.291 e. The van der Waals surface area contributed by atoms with Gasteiger partial charge in [-0.1, -0.05) is 0 Å². The first-order valence-corrected chi connectivity index (χ1v) is 9.81. The molecule has 2 fully saturated rings. The van der Waals surface area contributed by atoms with Crippen LogP contribution in [0.25, 0.3) is 5.78 Å². The number of imidazole rings is 1. The zero-order valence-electron chi connectivity index (χ0n) is 16.3. The zero-order valence-corrected chi connectivity index (χ0v) is 16.3. The van der Waals surface area contributed by atoms with Gasteiger partial charge in [0.2, 0.25) is 11.5 Å². The third-order valence-corrected chi connectivity index (χ3v) is 6.03. The number of rotatable bonds is 5. The number of oxazole rings is 1. The maximum absolute atomic E-state index is 12.6. The second kappa shape index (κ2) is 6.68. The van der Waals surface area contributed by atoms with Crippen LogP contribution in [0.15, 0.2) is 29.2 Å². The van der Waals surface area contributed by atoms with Crippen LogP contribution in [0, 0.1) is 31.6 Å². The molecular weight excluding hydrogens is 372 g/mol. The molecule has 29 heavy (non-hydrogen) atoms. The van der Waals surface area contributed by atoms with Gasteiger partial charge in [-0.15, -0.1) is 0 Å². The SMILES string of the molecule is Cc1nc(C)c(C(=O)N2C[C@@H]3C(CCNC(=O)c4cnc5nccn5c4)[C@@H]3C2)o1. The van der Waals surface area contributed by atoms with Gasteiger partial charge in [-0.2, -0.15) is 0 Å². The molecule has 3 atom stereocenters. The number of aryl methyl sites for hydroxylation is 2. The molecule has 0 spiro atoms. The first-order valence-electron chi connectivity index (χ1n) is 9.81. The van der Waals surface area contributed by atoms with E-state index in [1.165, 1.54) is 0 Å². The van der Waals surface area contributed by atoms with E-state index >= 15 is 0 Å². The second-order valence-corrected chi connectivity index (χ2v) is 7.87. The summed E-state index contributed by atoms with van der Waals surface area (Å²) in [6.07, 6.45) is 7.60. The van der Waals surface area contributed by atoms with E-state index in [0.29, 0.717) is 53.0 Å². The molecule has 4 heterocycles. The van der Waals surface area contributed by atoms with Crippen molar-refractivity contribution in [3.05, 3.63) is 47.7 Å². The Kier molecular flexibility index (Phi) is 4.11. The van der Waals surface area contributed by atoms with Crippen LogP contribution in [0.2, 0.25) is 0 Å². The van der Waals surface area contributed by atoms with E-state index in [1.54, 1.807) is 43.0 Å². The standard InChI is InChI=1S/C20H22N6O3/c1-11-17(29-12(2)24-11)19(28)26-9-15-14(16(15)10-26)3-4-21-18(27)13-7-23-20-22-5-6-25(20)8-13/h5-8,14-16H,3-4,9-10H2,1-2H3,(H,21,27)/t14?,15-,16+. The van der Waals surface area contributed by atoms with E-state index in [4.69, 9.17) is 4.42 Å². The van der Waals surface area contributed by atoms with Crippen molar-refractivity contribution in [1.82, 2.24) is 29.6 Å². The molecule has 9 heteroatoms. The molecule has 9 nitrogen and oxygen atoms in total. The summed E-state index contributed by atoms with van der Waals surface area (Å²) in [6, 6.07) is 0. The van der Waals surface area contributed by atoms with Gasteiger partial charge in [0.15, 0.2) is 5.89 Å². The molecule has 1 aliphatic heterocycles. The number of nitrogens with zero attached hydrogens (tertiary/aromatic N) is 5. The number of carbonyl (C=O) groups excluding carboxylic acids is 2. The fraction of sp³-hybridized carbons (Fsp3) is 0.450. The van der Waals surface area contributed by atoms with Gasteiger partial charge in [-0.3, -0.25) is 14.0 Å². The smallest absolute Gasteiger partial charge is 0.291 e. The Morgan fingerprint density at radius 3 is 2.76 bits per heavy atom. The average Bonchev–Trinajstić information content (AvgIpc) is 3.14. The highest BCUT2D eigenvalue weighted by Crippen LogP contribution is 2.53. The predicted molar refractivity (Wildman–Crippen MR) is 102 cm³/mol. The highest BCUT2D eigenvalue weighted by Gasteiger charge is 2.56. The fourth-order valence-corrected chi connectivity index (χ4v) is 4.50. The van der Waals surface area contributed by atoms with Crippen LogP contribution in [-0.2, 0) is 0 Å². The number of piperidine rings is 1. The first-order chi connectivity index (χ1) is 14.0. The Morgan fingerprint density at radius 2 is 2.03 bits per heavy atom. The number of fused-ring (bicyclic) bond motifs is 2. The lowest BCUT2D eigenvalue weighted by Gasteiger charge is -2.18. The summed E-state index contributed by atoms with van der Waals surface area (Å²) in [5, 5.41) is 2.97. The molecule has 150 valence electrons. The minimum absolute atomic E-state index is 0.0650. The van der Waals surface area contributed by atoms with E-state index in [0.717, 1.165) is 19.5 Å². The zero-order chi connectivity index (χ0) is 20.1. The van der Waals surface area contributed by atoms with E-state index in [9.17, 15) is 9.59 Å². The summed E-state index contributed by atoms with van der Waals surface area (Å²) in [5.74, 6) is 2.85.